The van der Waals surface area contributed by atoms with Crippen LogP contribution in [0.1, 0.15) is 22.8 Å². The molecular weight excluding hydrogens is 340 g/mol. The van der Waals surface area contributed by atoms with Crippen LogP contribution in [0.15, 0.2) is 36.4 Å². The highest BCUT2D eigenvalue weighted by molar-refractivity contribution is 5.95. The summed E-state index contributed by atoms with van der Waals surface area (Å²) in [5, 5.41) is 13.6. The number of ketones is 1. The van der Waals surface area contributed by atoms with Gasteiger partial charge in [-0.05, 0) is 31.5 Å². The summed E-state index contributed by atoms with van der Waals surface area (Å²) in [5.74, 6) is -0.109. The second-order valence-corrected chi connectivity index (χ2v) is 5.52. The van der Waals surface area contributed by atoms with Crippen molar-refractivity contribution in [3.63, 3.8) is 0 Å². The minimum Gasteiger partial charge on any atom is -0.490 e. The molecule has 8 nitrogen and oxygen atoms in total. The van der Waals surface area contributed by atoms with Crippen LogP contribution in [0.25, 0.3) is 0 Å². The summed E-state index contributed by atoms with van der Waals surface area (Å²) in [4.78, 5) is 33.9. The Hall–Kier alpha value is -3.42. The van der Waals surface area contributed by atoms with Crippen molar-refractivity contribution in [1.82, 2.24) is 0 Å². The Morgan fingerprint density at radius 1 is 1.23 bits per heavy atom. The number of rotatable bonds is 7. The normalized spacial score (nSPS) is 10.1. The molecule has 0 fully saturated rings. The molecule has 2 aromatic carbocycles. The summed E-state index contributed by atoms with van der Waals surface area (Å²) in [6.45, 7) is 2.80. The minimum absolute atomic E-state index is 0.0472. The topological polar surface area (TPSA) is 108 Å². The number of hydrogen-bond donors (Lipinski definition) is 1. The second kappa shape index (κ2) is 8.11. The third-order valence-electron chi connectivity index (χ3n) is 3.61. The molecule has 1 N–H and O–H groups in total. The average Bonchev–Trinajstić information content (AvgIpc) is 2.61. The van der Waals surface area contributed by atoms with Crippen molar-refractivity contribution >= 4 is 23.1 Å². The standard InChI is InChI=1S/C18H18N2O6/c1-11-7-16(20(23)24)17(25-3)9-15(11)19-18(22)10-26-14-6-4-5-13(8-14)12(2)21/h4-9H,10H2,1-3H3,(H,19,22). The molecule has 0 bridgehead atoms. The SMILES string of the molecule is COc1cc(NC(=O)COc2cccc(C(C)=O)c2)c(C)cc1[N+](=O)[O-]. The lowest BCUT2D eigenvalue weighted by atomic mass is 10.1. The Balaban J connectivity index is 2.07. The first kappa shape index (κ1) is 18.9. The molecule has 0 aliphatic rings. The van der Waals surface area contributed by atoms with Crippen molar-refractivity contribution < 1.29 is 24.0 Å². The van der Waals surface area contributed by atoms with E-state index < -0.39 is 10.8 Å². The molecule has 0 radical (unpaired) electrons. The number of benzene rings is 2. The zero-order valence-corrected chi connectivity index (χ0v) is 14.6. The number of methoxy groups -OCH3 is 1. The van der Waals surface area contributed by atoms with Gasteiger partial charge in [0.15, 0.2) is 18.1 Å². The van der Waals surface area contributed by atoms with E-state index >= 15 is 0 Å². The predicted molar refractivity (Wildman–Crippen MR) is 95.0 cm³/mol. The molecule has 2 aromatic rings. The minimum atomic E-state index is -0.553. The maximum absolute atomic E-state index is 12.1. The first-order chi connectivity index (χ1) is 12.3. The van der Waals surface area contributed by atoms with E-state index in [2.05, 4.69) is 5.32 Å². The van der Waals surface area contributed by atoms with Gasteiger partial charge in [-0.25, -0.2) is 0 Å². The lowest BCUT2D eigenvalue weighted by Gasteiger charge is -2.11. The van der Waals surface area contributed by atoms with Gasteiger partial charge in [-0.1, -0.05) is 12.1 Å². The van der Waals surface area contributed by atoms with E-state index in [9.17, 15) is 19.7 Å². The van der Waals surface area contributed by atoms with E-state index in [4.69, 9.17) is 9.47 Å². The van der Waals surface area contributed by atoms with Gasteiger partial charge in [0.2, 0.25) is 0 Å². The fourth-order valence-corrected chi connectivity index (χ4v) is 2.25. The smallest absolute Gasteiger partial charge is 0.311 e. The Morgan fingerprint density at radius 3 is 2.58 bits per heavy atom. The number of nitrogens with zero attached hydrogens (tertiary/aromatic N) is 1. The van der Waals surface area contributed by atoms with E-state index in [1.54, 1.807) is 31.2 Å². The number of ether oxygens (including phenoxy) is 2. The lowest BCUT2D eigenvalue weighted by molar-refractivity contribution is -0.385. The zero-order chi connectivity index (χ0) is 19.3. The van der Waals surface area contributed by atoms with Gasteiger partial charge < -0.3 is 14.8 Å². The third-order valence-corrected chi connectivity index (χ3v) is 3.61. The number of amides is 1. The van der Waals surface area contributed by atoms with Gasteiger partial charge in [-0.15, -0.1) is 0 Å². The molecule has 136 valence electrons. The fourth-order valence-electron chi connectivity index (χ4n) is 2.25. The van der Waals surface area contributed by atoms with E-state index in [-0.39, 0.29) is 23.8 Å². The zero-order valence-electron chi connectivity index (χ0n) is 14.6. The number of hydrogen-bond acceptors (Lipinski definition) is 6. The molecule has 0 heterocycles. The molecule has 1 amide bonds. The van der Waals surface area contributed by atoms with Crippen LogP contribution in [0.5, 0.6) is 11.5 Å². The average molecular weight is 358 g/mol. The molecule has 0 saturated carbocycles. The van der Waals surface area contributed by atoms with Crippen molar-refractivity contribution in [2.24, 2.45) is 0 Å². The summed E-state index contributed by atoms with van der Waals surface area (Å²) in [6, 6.07) is 9.22. The molecule has 2 rings (SSSR count). The highest BCUT2D eigenvalue weighted by atomic mass is 16.6. The summed E-state index contributed by atoms with van der Waals surface area (Å²) in [5.41, 5.74) is 1.21. The molecule has 0 saturated heterocycles. The van der Waals surface area contributed by atoms with Gasteiger partial charge in [-0.3, -0.25) is 19.7 Å². The monoisotopic (exact) mass is 358 g/mol. The fraction of sp³-hybridized carbons (Fsp3) is 0.222. The van der Waals surface area contributed by atoms with E-state index in [1.807, 2.05) is 0 Å². The van der Waals surface area contributed by atoms with Crippen molar-refractivity contribution in [3.05, 3.63) is 57.6 Å². The van der Waals surface area contributed by atoms with Crippen LogP contribution in [-0.2, 0) is 4.79 Å². The number of anilines is 1. The van der Waals surface area contributed by atoms with Gasteiger partial charge in [0, 0.05) is 23.4 Å². The van der Waals surface area contributed by atoms with Gasteiger partial charge in [0.25, 0.3) is 5.91 Å². The molecule has 0 spiro atoms. The van der Waals surface area contributed by atoms with Crippen LogP contribution < -0.4 is 14.8 Å². The molecule has 0 atom stereocenters. The number of nitro benzene ring substituents is 1. The van der Waals surface area contributed by atoms with Gasteiger partial charge in [0.1, 0.15) is 5.75 Å². The maximum Gasteiger partial charge on any atom is 0.311 e. The van der Waals surface area contributed by atoms with E-state index in [1.165, 1.54) is 26.2 Å². The Labute approximate surface area is 149 Å². The van der Waals surface area contributed by atoms with Gasteiger partial charge in [0.05, 0.1) is 12.0 Å². The summed E-state index contributed by atoms with van der Waals surface area (Å²) in [7, 11) is 1.31. The number of aryl methyl sites for hydroxylation is 1. The molecule has 0 unspecified atom stereocenters. The number of nitrogens with one attached hydrogen (secondary N) is 1. The van der Waals surface area contributed by atoms with Crippen LogP contribution in [0.3, 0.4) is 0 Å². The van der Waals surface area contributed by atoms with E-state index in [0.717, 1.165) is 0 Å². The quantitative estimate of drug-likeness (QED) is 0.463. The van der Waals surface area contributed by atoms with Crippen molar-refractivity contribution in [2.75, 3.05) is 19.0 Å². The van der Waals surface area contributed by atoms with Crippen molar-refractivity contribution in [1.29, 1.82) is 0 Å². The summed E-state index contributed by atoms with van der Waals surface area (Å²) in [6.07, 6.45) is 0. The highest BCUT2D eigenvalue weighted by Crippen LogP contribution is 2.32. The molecule has 8 heteroatoms. The van der Waals surface area contributed by atoms with Crippen LogP contribution in [0.2, 0.25) is 0 Å². The molecule has 0 aromatic heterocycles. The number of carbonyl (C=O) groups is 2. The largest absolute Gasteiger partial charge is 0.490 e. The summed E-state index contributed by atoms with van der Waals surface area (Å²) >= 11 is 0. The van der Waals surface area contributed by atoms with Crippen molar-refractivity contribution in [2.45, 2.75) is 13.8 Å². The Kier molecular flexibility index (Phi) is 5.90. The third kappa shape index (κ3) is 4.56. The van der Waals surface area contributed by atoms with Crippen LogP contribution in [0.4, 0.5) is 11.4 Å². The van der Waals surface area contributed by atoms with Crippen LogP contribution >= 0.6 is 0 Å². The first-order valence-corrected chi connectivity index (χ1v) is 7.68. The lowest BCUT2D eigenvalue weighted by Crippen LogP contribution is -2.20. The number of nitro groups is 1. The summed E-state index contributed by atoms with van der Waals surface area (Å²) < 4.78 is 10.4. The predicted octanol–water partition coefficient (Wildman–Crippen LogP) is 3.13. The number of Topliss-reactive ketones (excluding diaryl/α,β-unsaturated/α-hetero) is 1. The van der Waals surface area contributed by atoms with Crippen molar-refractivity contribution in [3.8, 4) is 11.5 Å². The molecule has 0 aliphatic heterocycles. The van der Waals surface area contributed by atoms with Gasteiger partial charge >= 0.3 is 5.69 Å². The Bertz CT molecular complexity index is 863. The highest BCUT2D eigenvalue weighted by Gasteiger charge is 2.18. The molecular formula is C18H18N2O6. The molecule has 26 heavy (non-hydrogen) atoms. The molecule has 0 aliphatic carbocycles. The van der Waals surface area contributed by atoms with Gasteiger partial charge in [-0.2, -0.15) is 0 Å². The van der Waals surface area contributed by atoms with E-state index in [0.29, 0.717) is 22.6 Å². The van der Waals surface area contributed by atoms with Crippen LogP contribution in [0, 0.1) is 17.0 Å². The second-order valence-electron chi connectivity index (χ2n) is 5.52. The number of carbonyl (C=O) groups excluding carboxylic acids is 2. The first-order valence-electron chi connectivity index (χ1n) is 7.68. The maximum atomic E-state index is 12.1. The van der Waals surface area contributed by atoms with Crippen LogP contribution in [-0.4, -0.2) is 30.3 Å². The Morgan fingerprint density at radius 2 is 1.96 bits per heavy atom.